The van der Waals surface area contributed by atoms with E-state index in [4.69, 9.17) is 10.5 Å². The van der Waals surface area contributed by atoms with Gasteiger partial charge in [0.05, 0.1) is 0 Å². The van der Waals surface area contributed by atoms with Crippen molar-refractivity contribution in [1.82, 2.24) is 5.32 Å². The number of carbonyl (C=O) groups excluding carboxylic acids is 2. The van der Waals surface area contributed by atoms with E-state index in [9.17, 15) is 14.0 Å². The van der Waals surface area contributed by atoms with Gasteiger partial charge in [0.15, 0.2) is 6.61 Å². The van der Waals surface area contributed by atoms with Gasteiger partial charge in [-0.1, -0.05) is 18.2 Å². The van der Waals surface area contributed by atoms with Gasteiger partial charge in [0.25, 0.3) is 11.8 Å². The van der Waals surface area contributed by atoms with Crippen LogP contribution in [0.3, 0.4) is 0 Å². The zero-order chi connectivity index (χ0) is 15.9. The third kappa shape index (κ3) is 4.31. The molecule has 0 unspecified atom stereocenters. The minimum atomic E-state index is -0.577. The molecular weight excluding hydrogens is 287 g/mol. The van der Waals surface area contributed by atoms with Crippen LogP contribution < -0.4 is 15.8 Å². The first-order valence-corrected chi connectivity index (χ1v) is 6.59. The number of halogens is 1. The monoisotopic (exact) mass is 302 g/mol. The van der Waals surface area contributed by atoms with Crippen molar-refractivity contribution in [2.45, 2.75) is 6.54 Å². The number of nitrogens with two attached hydrogens (primary N) is 1. The summed E-state index contributed by atoms with van der Waals surface area (Å²) in [7, 11) is 0. The number of benzene rings is 2. The van der Waals surface area contributed by atoms with E-state index in [1.54, 1.807) is 42.5 Å². The molecule has 5 nitrogen and oxygen atoms in total. The highest BCUT2D eigenvalue weighted by molar-refractivity contribution is 5.94. The molecule has 2 rings (SSSR count). The van der Waals surface area contributed by atoms with Gasteiger partial charge in [-0.15, -0.1) is 0 Å². The van der Waals surface area contributed by atoms with Crippen LogP contribution in [-0.4, -0.2) is 18.4 Å². The Balaban J connectivity index is 1.92. The van der Waals surface area contributed by atoms with E-state index in [2.05, 4.69) is 5.32 Å². The maximum atomic E-state index is 13.4. The summed E-state index contributed by atoms with van der Waals surface area (Å²) in [5.41, 5.74) is 5.79. The van der Waals surface area contributed by atoms with Gasteiger partial charge in [0, 0.05) is 17.7 Å². The zero-order valence-corrected chi connectivity index (χ0v) is 11.7. The second-order valence-electron chi connectivity index (χ2n) is 4.55. The maximum absolute atomic E-state index is 13.4. The van der Waals surface area contributed by atoms with Gasteiger partial charge in [-0.05, 0) is 30.3 Å². The number of carbonyl (C=O) groups is 2. The predicted octanol–water partition coefficient (Wildman–Crippen LogP) is 1.62. The summed E-state index contributed by atoms with van der Waals surface area (Å²) >= 11 is 0. The largest absolute Gasteiger partial charge is 0.484 e. The van der Waals surface area contributed by atoms with Gasteiger partial charge >= 0.3 is 0 Å². The van der Waals surface area contributed by atoms with E-state index >= 15 is 0 Å². The number of nitrogens with one attached hydrogen (secondary N) is 1. The van der Waals surface area contributed by atoms with E-state index in [-0.39, 0.29) is 24.9 Å². The smallest absolute Gasteiger partial charge is 0.255 e. The lowest BCUT2D eigenvalue weighted by molar-refractivity contribution is -0.119. The van der Waals surface area contributed by atoms with Crippen molar-refractivity contribution in [2.75, 3.05) is 6.61 Å². The highest BCUT2D eigenvalue weighted by Crippen LogP contribution is 2.12. The van der Waals surface area contributed by atoms with E-state index < -0.39 is 5.91 Å². The lowest BCUT2D eigenvalue weighted by Crippen LogP contribution is -2.23. The molecule has 0 aliphatic heterocycles. The molecule has 0 saturated carbocycles. The van der Waals surface area contributed by atoms with Crippen LogP contribution in [0.15, 0.2) is 48.5 Å². The second-order valence-corrected chi connectivity index (χ2v) is 4.55. The number of amides is 2. The normalized spacial score (nSPS) is 10.0. The molecular formula is C16H15FN2O3. The summed E-state index contributed by atoms with van der Waals surface area (Å²) < 4.78 is 18.5. The Labute approximate surface area is 126 Å². The van der Waals surface area contributed by atoms with Crippen LogP contribution in [0.2, 0.25) is 0 Å². The first-order chi connectivity index (χ1) is 10.6. The third-order valence-electron chi connectivity index (χ3n) is 2.89. The Morgan fingerprint density at radius 1 is 1.09 bits per heavy atom. The summed E-state index contributed by atoms with van der Waals surface area (Å²) in [4.78, 5) is 22.6. The third-order valence-corrected chi connectivity index (χ3v) is 2.89. The van der Waals surface area contributed by atoms with Gasteiger partial charge in [0.1, 0.15) is 11.6 Å². The Morgan fingerprint density at radius 3 is 2.41 bits per heavy atom. The van der Waals surface area contributed by atoms with Crippen LogP contribution in [0.25, 0.3) is 0 Å². The Hall–Kier alpha value is -2.89. The molecule has 6 heteroatoms. The summed E-state index contributed by atoms with van der Waals surface area (Å²) in [6, 6.07) is 12.4. The van der Waals surface area contributed by atoms with Crippen LogP contribution in [0.4, 0.5) is 4.39 Å². The van der Waals surface area contributed by atoms with Crippen molar-refractivity contribution in [2.24, 2.45) is 5.73 Å². The molecule has 2 aromatic carbocycles. The maximum Gasteiger partial charge on any atom is 0.255 e. The molecule has 0 heterocycles. The molecule has 0 spiro atoms. The molecule has 0 fully saturated rings. The number of hydrogen-bond donors (Lipinski definition) is 2. The lowest BCUT2D eigenvalue weighted by atomic mass is 10.2. The van der Waals surface area contributed by atoms with Crippen molar-refractivity contribution in [3.8, 4) is 5.75 Å². The summed E-state index contributed by atoms with van der Waals surface area (Å²) in [5.74, 6) is -0.834. The van der Waals surface area contributed by atoms with Crippen molar-refractivity contribution < 1.29 is 18.7 Å². The zero-order valence-electron chi connectivity index (χ0n) is 11.7. The average Bonchev–Trinajstić information content (AvgIpc) is 2.52. The van der Waals surface area contributed by atoms with Gasteiger partial charge < -0.3 is 15.8 Å². The molecule has 0 bridgehead atoms. The van der Waals surface area contributed by atoms with Crippen LogP contribution in [0.5, 0.6) is 5.75 Å². The highest BCUT2D eigenvalue weighted by atomic mass is 19.1. The summed E-state index contributed by atoms with van der Waals surface area (Å²) in [6.45, 7) is -0.121. The first-order valence-electron chi connectivity index (χ1n) is 6.59. The van der Waals surface area contributed by atoms with Crippen LogP contribution >= 0.6 is 0 Å². The van der Waals surface area contributed by atoms with Gasteiger partial charge in [-0.3, -0.25) is 9.59 Å². The highest BCUT2D eigenvalue weighted by Gasteiger charge is 2.07. The Kier molecular flexibility index (Phi) is 5.08. The lowest BCUT2D eigenvalue weighted by Gasteiger charge is -2.07. The van der Waals surface area contributed by atoms with E-state index in [1.807, 2.05) is 0 Å². The number of ether oxygens (including phenoxy) is 1. The van der Waals surface area contributed by atoms with Crippen LogP contribution in [-0.2, 0) is 11.3 Å². The van der Waals surface area contributed by atoms with E-state index in [0.29, 0.717) is 16.9 Å². The minimum absolute atomic E-state index is 0.103. The molecule has 0 saturated heterocycles. The quantitative estimate of drug-likeness (QED) is 0.850. The molecule has 0 aliphatic rings. The molecule has 0 aliphatic carbocycles. The molecule has 2 aromatic rings. The van der Waals surface area contributed by atoms with Gasteiger partial charge in [-0.2, -0.15) is 0 Å². The fourth-order valence-electron chi connectivity index (χ4n) is 1.78. The summed E-state index contributed by atoms with van der Waals surface area (Å²) in [6.07, 6.45) is 0. The van der Waals surface area contributed by atoms with Crippen molar-refractivity contribution >= 4 is 11.8 Å². The van der Waals surface area contributed by atoms with Crippen molar-refractivity contribution in [3.05, 3.63) is 65.5 Å². The number of hydrogen-bond acceptors (Lipinski definition) is 3. The molecule has 2 amide bonds. The average molecular weight is 302 g/mol. The Bertz CT molecular complexity index is 671. The molecule has 0 aromatic heterocycles. The second kappa shape index (κ2) is 7.21. The number of primary amides is 1. The van der Waals surface area contributed by atoms with Gasteiger partial charge in [-0.25, -0.2) is 4.39 Å². The fraction of sp³-hybridized carbons (Fsp3) is 0.125. The standard InChI is InChI=1S/C16H15FN2O3/c17-14-4-2-1-3-12(14)9-19-16(21)11-5-7-13(8-6-11)22-10-15(18)20/h1-8H,9-10H2,(H2,18,20)(H,19,21). The fourth-order valence-corrected chi connectivity index (χ4v) is 1.78. The first kappa shape index (κ1) is 15.5. The van der Waals surface area contributed by atoms with Crippen LogP contribution in [0, 0.1) is 5.82 Å². The van der Waals surface area contributed by atoms with Crippen molar-refractivity contribution in [1.29, 1.82) is 0 Å². The minimum Gasteiger partial charge on any atom is -0.484 e. The van der Waals surface area contributed by atoms with Gasteiger partial charge in [0.2, 0.25) is 0 Å². The summed E-state index contributed by atoms with van der Waals surface area (Å²) in [5, 5.41) is 2.63. The molecule has 0 atom stereocenters. The molecule has 3 N–H and O–H groups in total. The van der Waals surface area contributed by atoms with E-state index in [1.165, 1.54) is 6.07 Å². The molecule has 0 radical (unpaired) electrons. The SMILES string of the molecule is NC(=O)COc1ccc(C(=O)NCc2ccccc2F)cc1. The predicted molar refractivity (Wildman–Crippen MR) is 78.7 cm³/mol. The van der Waals surface area contributed by atoms with Crippen molar-refractivity contribution in [3.63, 3.8) is 0 Å². The van der Waals surface area contributed by atoms with E-state index in [0.717, 1.165) is 0 Å². The topological polar surface area (TPSA) is 81.4 Å². The van der Waals surface area contributed by atoms with Crippen LogP contribution in [0.1, 0.15) is 15.9 Å². The molecule has 22 heavy (non-hydrogen) atoms. The Morgan fingerprint density at radius 2 is 1.77 bits per heavy atom. The molecule has 114 valence electrons. The number of rotatable bonds is 6.